The van der Waals surface area contributed by atoms with Gasteiger partial charge in [0.05, 0.1) is 24.5 Å². The predicted molar refractivity (Wildman–Crippen MR) is 174 cm³/mol. The van der Waals surface area contributed by atoms with Crippen LogP contribution in [0.5, 0.6) is 0 Å². The molecule has 3 saturated heterocycles. The van der Waals surface area contributed by atoms with E-state index in [9.17, 15) is 24.3 Å². The quantitative estimate of drug-likeness (QED) is 0.150. The van der Waals surface area contributed by atoms with E-state index in [-0.39, 0.29) is 37.3 Å². The van der Waals surface area contributed by atoms with Crippen LogP contribution in [0.1, 0.15) is 83.8 Å². The molecule has 0 aliphatic carbocycles. The first-order valence-electron chi connectivity index (χ1n) is 16.6. The highest BCUT2D eigenvalue weighted by Gasteiger charge is 2.75. The van der Waals surface area contributed by atoms with Crippen molar-refractivity contribution < 1.29 is 33.8 Å². The van der Waals surface area contributed by atoms with Crippen molar-refractivity contribution in [3.05, 3.63) is 61.2 Å². The van der Waals surface area contributed by atoms with Crippen molar-refractivity contribution in [3.8, 4) is 0 Å². The fourth-order valence-corrected chi connectivity index (χ4v) is 7.30. The molecule has 1 spiro atoms. The van der Waals surface area contributed by atoms with E-state index in [2.05, 4.69) is 18.5 Å². The van der Waals surface area contributed by atoms with Gasteiger partial charge < -0.3 is 29.7 Å². The average molecular weight is 638 g/mol. The smallest absolute Gasteiger partial charge is 0.313 e. The number of rotatable bonds is 17. The van der Waals surface area contributed by atoms with E-state index in [1.807, 2.05) is 51.1 Å². The lowest BCUT2D eigenvalue weighted by molar-refractivity contribution is -0.160. The molecule has 0 saturated carbocycles. The number of unbranched alkanes of at least 4 members (excludes halogenated alkanes) is 3. The Morgan fingerprint density at radius 2 is 1.87 bits per heavy atom. The van der Waals surface area contributed by atoms with Crippen LogP contribution in [0.4, 0.5) is 0 Å². The van der Waals surface area contributed by atoms with Gasteiger partial charge in [-0.15, -0.1) is 13.2 Å². The number of amides is 3. The monoisotopic (exact) mass is 637 g/mol. The summed E-state index contributed by atoms with van der Waals surface area (Å²) >= 11 is 0. The third-order valence-electron chi connectivity index (χ3n) is 9.49. The van der Waals surface area contributed by atoms with Gasteiger partial charge in [0.25, 0.3) is 0 Å². The maximum absolute atomic E-state index is 14.5. The third kappa shape index (κ3) is 7.39. The number of carbonyl (C=O) groups is 4. The number of fused-ring (bicyclic) bond motifs is 1. The zero-order valence-electron chi connectivity index (χ0n) is 27.6. The minimum absolute atomic E-state index is 0.0803. The number of hydrogen-bond donors (Lipinski definition) is 2. The van der Waals surface area contributed by atoms with Crippen LogP contribution in [0.3, 0.4) is 0 Å². The predicted octanol–water partition coefficient (Wildman–Crippen LogP) is 4.09. The molecule has 2 N–H and O–H groups in total. The van der Waals surface area contributed by atoms with Crippen LogP contribution in [0.25, 0.3) is 0 Å². The highest BCUT2D eigenvalue weighted by atomic mass is 16.6. The molecule has 3 heterocycles. The van der Waals surface area contributed by atoms with Gasteiger partial charge >= 0.3 is 5.97 Å². The van der Waals surface area contributed by atoms with Crippen molar-refractivity contribution in [1.29, 1.82) is 0 Å². The second-order valence-electron chi connectivity index (χ2n) is 13.6. The Hall–Kier alpha value is -3.50. The maximum Gasteiger partial charge on any atom is 0.313 e. The van der Waals surface area contributed by atoms with E-state index in [0.29, 0.717) is 45.2 Å². The molecule has 0 radical (unpaired) electrons. The van der Waals surface area contributed by atoms with Crippen molar-refractivity contribution in [2.24, 2.45) is 11.8 Å². The molecule has 2 bridgehead atoms. The summed E-state index contributed by atoms with van der Waals surface area (Å²) in [7, 11) is 0. The molecule has 0 unspecified atom stereocenters. The molecular weight excluding hydrogens is 586 g/mol. The molecule has 3 amide bonds. The lowest BCUT2D eigenvalue weighted by atomic mass is 9.70. The highest BCUT2D eigenvalue weighted by molar-refractivity contribution is 5.98. The van der Waals surface area contributed by atoms with Crippen LogP contribution in [0.2, 0.25) is 0 Å². The van der Waals surface area contributed by atoms with E-state index >= 15 is 0 Å². The zero-order chi connectivity index (χ0) is 33.5. The average Bonchev–Trinajstić information content (AvgIpc) is 3.67. The van der Waals surface area contributed by atoms with E-state index in [1.165, 1.54) is 0 Å². The van der Waals surface area contributed by atoms with Gasteiger partial charge in [0, 0.05) is 31.7 Å². The van der Waals surface area contributed by atoms with E-state index in [1.54, 1.807) is 22.0 Å². The molecule has 46 heavy (non-hydrogen) atoms. The van der Waals surface area contributed by atoms with Crippen molar-refractivity contribution in [2.45, 2.75) is 102 Å². The number of likely N-dealkylation sites (tertiary alicyclic amines) is 1. The Morgan fingerprint density at radius 3 is 2.52 bits per heavy atom. The van der Waals surface area contributed by atoms with E-state index < -0.39 is 47.2 Å². The van der Waals surface area contributed by atoms with Gasteiger partial charge in [0.2, 0.25) is 17.7 Å². The van der Waals surface area contributed by atoms with Crippen LogP contribution in [0, 0.1) is 11.8 Å². The number of aliphatic hydroxyl groups excluding tert-OH is 1. The molecule has 252 valence electrons. The number of allylic oxidation sites excluding steroid dienone is 1. The Bertz CT molecular complexity index is 1260. The Labute approximate surface area is 273 Å². The minimum atomic E-state index is -1.14. The standard InChI is InChI=1S/C36H51N3O7/c1-6-8-18-28(41)37-24-27(25-16-12-11-13-17-25)45-34(44)29-26-19-20-36(46-26)30(29)32(42)38(22-14-9-10-15-23-40)31(36)33(43)39(21-7-2)35(3,4)5/h6-7,11-13,16-17,26-27,29-31,40H,1-2,8-10,14-15,18-24H2,3-5H3,(H,37,41)/t26-,27-,29+,30+,31-,36+/m0/s1. The molecule has 1 aromatic rings. The number of hydrogen-bond acceptors (Lipinski definition) is 7. The maximum atomic E-state index is 14.5. The SMILES string of the molecule is C=CCCC(=O)NC[C@H](OC(=O)[C@@H]1[C@@H]2CC[C@]3(O2)[C@H](C(=O)N(CC=C)C(C)(C)C)N(CCCCCCO)C(=O)[C@@H]13)c1ccccc1. The number of ether oxygens (including phenoxy) is 2. The largest absolute Gasteiger partial charge is 0.455 e. The van der Waals surface area contributed by atoms with Crippen molar-refractivity contribution in [2.75, 3.05) is 26.2 Å². The summed E-state index contributed by atoms with van der Waals surface area (Å²) in [4.78, 5) is 58.7. The Kier molecular flexibility index (Phi) is 11.8. The van der Waals surface area contributed by atoms with Crippen LogP contribution < -0.4 is 5.32 Å². The van der Waals surface area contributed by atoms with E-state index in [0.717, 1.165) is 18.4 Å². The first-order valence-corrected chi connectivity index (χ1v) is 16.6. The van der Waals surface area contributed by atoms with Crippen LogP contribution >= 0.6 is 0 Å². The molecular formula is C36H51N3O7. The van der Waals surface area contributed by atoms with Gasteiger partial charge in [-0.2, -0.15) is 0 Å². The molecule has 4 rings (SSSR count). The number of esters is 1. The van der Waals surface area contributed by atoms with E-state index in [4.69, 9.17) is 9.47 Å². The molecule has 1 aromatic carbocycles. The summed E-state index contributed by atoms with van der Waals surface area (Å²) in [5.74, 6) is -2.93. The number of nitrogens with one attached hydrogen (secondary N) is 1. The minimum Gasteiger partial charge on any atom is -0.455 e. The van der Waals surface area contributed by atoms with Crippen molar-refractivity contribution in [3.63, 3.8) is 0 Å². The molecule has 10 nitrogen and oxygen atoms in total. The fraction of sp³-hybridized carbons (Fsp3) is 0.611. The van der Waals surface area contributed by atoms with Crippen molar-refractivity contribution >= 4 is 23.7 Å². The van der Waals surface area contributed by atoms with Crippen molar-refractivity contribution in [1.82, 2.24) is 15.1 Å². The summed E-state index contributed by atoms with van der Waals surface area (Å²) in [5, 5.41) is 12.1. The van der Waals surface area contributed by atoms with Crippen LogP contribution in [-0.4, -0.2) is 88.1 Å². The molecule has 6 atom stereocenters. The number of benzene rings is 1. The first kappa shape index (κ1) is 35.4. The third-order valence-corrected chi connectivity index (χ3v) is 9.49. The topological polar surface area (TPSA) is 125 Å². The zero-order valence-corrected chi connectivity index (χ0v) is 27.6. The summed E-state index contributed by atoms with van der Waals surface area (Å²) < 4.78 is 12.7. The summed E-state index contributed by atoms with van der Waals surface area (Å²) in [5.41, 5.74) is -0.956. The summed E-state index contributed by atoms with van der Waals surface area (Å²) in [6.07, 6.45) is 6.82. The van der Waals surface area contributed by atoms with Gasteiger partial charge in [-0.25, -0.2) is 0 Å². The lowest BCUT2D eigenvalue weighted by Gasteiger charge is -2.42. The van der Waals surface area contributed by atoms with Gasteiger partial charge in [-0.05, 0) is 58.4 Å². The van der Waals surface area contributed by atoms with Gasteiger partial charge in [0.1, 0.15) is 17.7 Å². The van der Waals surface area contributed by atoms with Crippen LogP contribution in [0.15, 0.2) is 55.6 Å². The molecule has 3 aliphatic rings. The first-order chi connectivity index (χ1) is 22.0. The molecule has 3 aliphatic heterocycles. The molecule has 3 fully saturated rings. The Balaban J connectivity index is 1.62. The molecule has 0 aromatic heterocycles. The Morgan fingerprint density at radius 1 is 1.15 bits per heavy atom. The second-order valence-corrected chi connectivity index (χ2v) is 13.6. The second kappa shape index (κ2) is 15.4. The lowest BCUT2D eigenvalue weighted by Crippen LogP contribution is -2.59. The number of carbonyl (C=O) groups excluding carboxylic acids is 4. The van der Waals surface area contributed by atoms with Gasteiger partial charge in [0.15, 0.2) is 0 Å². The molecule has 10 heteroatoms. The fourth-order valence-electron chi connectivity index (χ4n) is 7.30. The normalized spacial score (nSPS) is 25.6. The van der Waals surface area contributed by atoms with Crippen LogP contribution in [-0.2, 0) is 28.7 Å². The highest BCUT2D eigenvalue weighted by Crippen LogP contribution is 2.59. The number of aliphatic hydroxyl groups is 1. The van der Waals surface area contributed by atoms with Gasteiger partial charge in [-0.3, -0.25) is 19.2 Å². The number of nitrogens with zero attached hydrogens (tertiary/aromatic N) is 2. The summed E-state index contributed by atoms with van der Waals surface area (Å²) in [6.45, 7) is 14.2. The van der Waals surface area contributed by atoms with Gasteiger partial charge in [-0.1, -0.05) is 55.3 Å². The summed E-state index contributed by atoms with van der Waals surface area (Å²) in [6, 6.07) is 8.33.